The Bertz CT molecular complexity index is 500. The number of hydrogen-bond acceptors (Lipinski definition) is 3. The van der Waals surface area contributed by atoms with E-state index in [0.717, 1.165) is 0 Å². The second-order valence-corrected chi connectivity index (χ2v) is 5.54. The average Bonchev–Trinajstić information content (AvgIpc) is 2.46. The SMILES string of the molecule is O=C(NC(C(=O)O)c1ccccc1Br)C1CCOCC1. The van der Waals surface area contributed by atoms with E-state index < -0.39 is 12.0 Å². The van der Waals surface area contributed by atoms with Gasteiger partial charge in [-0.15, -0.1) is 0 Å². The number of aliphatic carboxylic acids is 1. The summed E-state index contributed by atoms with van der Waals surface area (Å²) in [6, 6.07) is 5.95. The number of carboxylic acid groups (broad SMARTS) is 1. The van der Waals surface area contributed by atoms with Crippen LogP contribution in [0, 0.1) is 5.92 Å². The minimum absolute atomic E-state index is 0.173. The van der Waals surface area contributed by atoms with Crippen LogP contribution in [0.3, 0.4) is 0 Å². The zero-order valence-corrected chi connectivity index (χ0v) is 12.4. The fourth-order valence-corrected chi connectivity index (χ4v) is 2.72. The predicted octanol–water partition coefficient (Wildman–Crippen LogP) is 2.12. The summed E-state index contributed by atoms with van der Waals surface area (Å²) in [4.78, 5) is 23.6. The summed E-state index contributed by atoms with van der Waals surface area (Å²) in [5.41, 5.74) is 0.542. The molecule has 1 aliphatic heterocycles. The van der Waals surface area contributed by atoms with Gasteiger partial charge in [-0.1, -0.05) is 34.1 Å². The number of carbonyl (C=O) groups excluding carboxylic acids is 1. The summed E-state index contributed by atoms with van der Waals surface area (Å²) in [6.45, 7) is 1.09. The van der Waals surface area contributed by atoms with E-state index in [9.17, 15) is 14.7 Å². The van der Waals surface area contributed by atoms with Gasteiger partial charge in [0.05, 0.1) is 0 Å². The average molecular weight is 342 g/mol. The Morgan fingerprint density at radius 1 is 1.30 bits per heavy atom. The molecule has 0 aliphatic carbocycles. The van der Waals surface area contributed by atoms with Crippen molar-refractivity contribution in [3.8, 4) is 0 Å². The Balaban J connectivity index is 2.12. The highest BCUT2D eigenvalue weighted by molar-refractivity contribution is 9.10. The summed E-state index contributed by atoms with van der Waals surface area (Å²) in [5.74, 6) is -1.47. The van der Waals surface area contributed by atoms with Crippen molar-refractivity contribution < 1.29 is 19.4 Å². The van der Waals surface area contributed by atoms with Crippen LogP contribution in [0.1, 0.15) is 24.4 Å². The van der Waals surface area contributed by atoms with Gasteiger partial charge >= 0.3 is 5.97 Å². The Labute approximate surface area is 125 Å². The van der Waals surface area contributed by atoms with E-state index in [4.69, 9.17) is 4.74 Å². The van der Waals surface area contributed by atoms with Gasteiger partial charge in [0, 0.05) is 23.6 Å². The summed E-state index contributed by atoms with van der Waals surface area (Å²) >= 11 is 3.32. The Kier molecular flexibility index (Phi) is 5.14. The lowest BCUT2D eigenvalue weighted by Gasteiger charge is -2.24. The zero-order valence-electron chi connectivity index (χ0n) is 10.8. The van der Waals surface area contributed by atoms with E-state index in [-0.39, 0.29) is 11.8 Å². The van der Waals surface area contributed by atoms with Crippen molar-refractivity contribution in [3.05, 3.63) is 34.3 Å². The second-order valence-electron chi connectivity index (χ2n) is 4.69. The molecular formula is C14H16BrNO4. The van der Waals surface area contributed by atoms with Crippen LogP contribution in [0.4, 0.5) is 0 Å². The van der Waals surface area contributed by atoms with Crippen LogP contribution in [0.2, 0.25) is 0 Å². The number of amides is 1. The van der Waals surface area contributed by atoms with Gasteiger partial charge in [0.15, 0.2) is 6.04 Å². The normalized spacial score (nSPS) is 17.4. The Morgan fingerprint density at radius 2 is 1.95 bits per heavy atom. The molecule has 2 N–H and O–H groups in total. The molecule has 1 aromatic rings. The van der Waals surface area contributed by atoms with E-state index in [2.05, 4.69) is 21.2 Å². The number of nitrogens with one attached hydrogen (secondary N) is 1. The zero-order chi connectivity index (χ0) is 14.5. The van der Waals surface area contributed by atoms with E-state index in [1.807, 2.05) is 0 Å². The fraction of sp³-hybridized carbons (Fsp3) is 0.429. The van der Waals surface area contributed by atoms with Gasteiger partial charge in [-0.05, 0) is 24.5 Å². The van der Waals surface area contributed by atoms with Crippen molar-refractivity contribution in [3.63, 3.8) is 0 Å². The van der Waals surface area contributed by atoms with Crippen LogP contribution in [-0.2, 0) is 14.3 Å². The quantitative estimate of drug-likeness (QED) is 0.879. The van der Waals surface area contributed by atoms with E-state index in [1.54, 1.807) is 24.3 Å². The monoisotopic (exact) mass is 341 g/mol. The second kappa shape index (κ2) is 6.85. The molecule has 1 amide bonds. The van der Waals surface area contributed by atoms with Gasteiger partial charge in [-0.2, -0.15) is 0 Å². The van der Waals surface area contributed by atoms with Crippen molar-refractivity contribution in [2.24, 2.45) is 5.92 Å². The first-order valence-corrected chi connectivity index (χ1v) is 7.24. The molecule has 1 saturated heterocycles. The van der Waals surface area contributed by atoms with E-state index in [0.29, 0.717) is 36.1 Å². The summed E-state index contributed by atoms with van der Waals surface area (Å²) in [6.07, 6.45) is 1.27. The number of rotatable bonds is 4. The minimum Gasteiger partial charge on any atom is -0.479 e. The molecule has 0 bridgehead atoms. The van der Waals surface area contributed by atoms with Crippen LogP contribution in [0.5, 0.6) is 0 Å². The molecule has 0 spiro atoms. The van der Waals surface area contributed by atoms with Crippen molar-refractivity contribution in [2.45, 2.75) is 18.9 Å². The summed E-state index contributed by atoms with van der Waals surface area (Å²) < 4.78 is 5.87. The van der Waals surface area contributed by atoms with Crippen LogP contribution in [0.25, 0.3) is 0 Å². The van der Waals surface area contributed by atoms with Gasteiger partial charge in [-0.3, -0.25) is 4.79 Å². The number of benzene rings is 1. The highest BCUT2D eigenvalue weighted by Gasteiger charge is 2.28. The van der Waals surface area contributed by atoms with E-state index >= 15 is 0 Å². The molecule has 2 rings (SSSR count). The molecule has 1 aliphatic rings. The maximum absolute atomic E-state index is 12.2. The lowest BCUT2D eigenvalue weighted by molar-refractivity contribution is -0.143. The Morgan fingerprint density at radius 3 is 2.55 bits per heavy atom. The van der Waals surface area contributed by atoms with Crippen LogP contribution < -0.4 is 5.32 Å². The standard InChI is InChI=1S/C14H16BrNO4/c15-11-4-2-1-3-10(11)12(14(18)19)16-13(17)9-5-7-20-8-6-9/h1-4,9,12H,5-8H2,(H,16,17)(H,18,19). The first-order valence-electron chi connectivity index (χ1n) is 6.45. The molecule has 0 saturated carbocycles. The van der Waals surface area contributed by atoms with Crippen LogP contribution >= 0.6 is 15.9 Å². The lowest BCUT2D eigenvalue weighted by atomic mass is 9.98. The molecule has 1 aromatic carbocycles. The topological polar surface area (TPSA) is 75.6 Å². The molecule has 108 valence electrons. The summed E-state index contributed by atoms with van der Waals surface area (Å²) in [5, 5.41) is 12.0. The molecular weight excluding hydrogens is 326 g/mol. The molecule has 0 radical (unpaired) electrons. The third kappa shape index (κ3) is 3.58. The summed E-state index contributed by atoms with van der Waals surface area (Å²) in [7, 11) is 0. The van der Waals surface area contributed by atoms with Gasteiger partial charge in [0.25, 0.3) is 0 Å². The third-order valence-corrected chi connectivity index (χ3v) is 4.06. The number of halogens is 1. The highest BCUT2D eigenvalue weighted by atomic mass is 79.9. The molecule has 5 nitrogen and oxygen atoms in total. The first kappa shape index (κ1) is 15.0. The van der Waals surface area contributed by atoms with Crippen LogP contribution in [0.15, 0.2) is 28.7 Å². The number of ether oxygens (including phenoxy) is 1. The number of carboxylic acids is 1. The molecule has 1 fully saturated rings. The minimum atomic E-state index is -1.07. The highest BCUT2D eigenvalue weighted by Crippen LogP contribution is 2.24. The molecule has 1 atom stereocenters. The van der Waals surface area contributed by atoms with E-state index in [1.165, 1.54) is 0 Å². The van der Waals surface area contributed by atoms with Crippen molar-refractivity contribution in [1.82, 2.24) is 5.32 Å². The lowest BCUT2D eigenvalue weighted by Crippen LogP contribution is -2.39. The molecule has 20 heavy (non-hydrogen) atoms. The van der Waals surface area contributed by atoms with Crippen LogP contribution in [-0.4, -0.2) is 30.2 Å². The Hall–Kier alpha value is -1.40. The van der Waals surface area contributed by atoms with Crippen molar-refractivity contribution in [1.29, 1.82) is 0 Å². The number of carbonyl (C=O) groups is 2. The predicted molar refractivity (Wildman–Crippen MR) is 76.2 cm³/mol. The van der Waals surface area contributed by atoms with Crippen molar-refractivity contribution in [2.75, 3.05) is 13.2 Å². The first-order chi connectivity index (χ1) is 9.59. The fourth-order valence-electron chi connectivity index (χ4n) is 2.20. The van der Waals surface area contributed by atoms with Crippen molar-refractivity contribution >= 4 is 27.8 Å². The van der Waals surface area contributed by atoms with Gasteiger partial charge in [0.1, 0.15) is 0 Å². The maximum atomic E-state index is 12.2. The third-order valence-electron chi connectivity index (χ3n) is 3.34. The maximum Gasteiger partial charge on any atom is 0.330 e. The molecule has 1 heterocycles. The van der Waals surface area contributed by atoms with Gasteiger partial charge in [-0.25, -0.2) is 4.79 Å². The molecule has 1 unspecified atom stereocenters. The largest absolute Gasteiger partial charge is 0.479 e. The number of hydrogen-bond donors (Lipinski definition) is 2. The molecule has 6 heteroatoms. The van der Waals surface area contributed by atoms with Gasteiger partial charge in [0.2, 0.25) is 5.91 Å². The van der Waals surface area contributed by atoms with Gasteiger partial charge < -0.3 is 15.2 Å². The smallest absolute Gasteiger partial charge is 0.330 e. The molecule has 0 aromatic heterocycles.